The SMILES string of the molecule is COc1ccc([Si](C)(C)C(CC(=O)N2Cc3ccccc3C[C@H]2CO)[C@@H]2Oc3ccc(N4CCCCC4=O)cc3[C@H](OC)[C@H]2C)cc1. The third-order valence-electron chi connectivity index (χ3n) is 10.9. The lowest BCUT2D eigenvalue weighted by molar-refractivity contribution is -0.136. The van der Waals surface area contributed by atoms with Crippen molar-refractivity contribution in [2.24, 2.45) is 5.92 Å². The van der Waals surface area contributed by atoms with E-state index in [1.807, 2.05) is 46.2 Å². The highest BCUT2D eigenvalue weighted by molar-refractivity contribution is 6.91. The van der Waals surface area contributed by atoms with E-state index in [-0.39, 0.29) is 48.1 Å². The number of anilines is 1. The molecular formula is C38H48N2O6Si. The standard InChI is InChI=1S/C38H48N2O6Si/c1-25-37(45-3)32-21-28(39-19-9-8-12-35(39)42)13-18-33(32)46-38(25)34(47(4,5)31-16-14-30(44-2)15-17-31)22-36(43)40-23-27-11-7-6-10-26(27)20-29(40)24-41/h6-7,10-11,13-18,21,25,29,34,37-38,41H,8-9,12,19-20,22-24H2,1-5H3/t25-,29+,34?,37-,38-/m1/s1. The van der Waals surface area contributed by atoms with E-state index in [0.717, 1.165) is 47.7 Å². The van der Waals surface area contributed by atoms with E-state index in [2.05, 4.69) is 50.3 Å². The van der Waals surface area contributed by atoms with Gasteiger partial charge in [0.1, 0.15) is 17.6 Å². The van der Waals surface area contributed by atoms with Gasteiger partial charge in [-0.25, -0.2) is 0 Å². The Hall–Kier alpha value is -3.66. The van der Waals surface area contributed by atoms with Gasteiger partial charge in [-0.05, 0) is 60.7 Å². The molecule has 8 nitrogen and oxygen atoms in total. The van der Waals surface area contributed by atoms with Crippen LogP contribution in [0.5, 0.6) is 11.5 Å². The fraction of sp³-hybridized carbons (Fsp3) is 0.474. The maximum Gasteiger partial charge on any atom is 0.226 e. The summed E-state index contributed by atoms with van der Waals surface area (Å²) < 4.78 is 18.6. The molecule has 1 unspecified atom stereocenters. The molecule has 3 aliphatic heterocycles. The Morgan fingerprint density at radius 1 is 1.04 bits per heavy atom. The van der Waals surface area contributed by atoms with Gasteiger partial charge in [-0.15, -0.1) is 0 Å². The van der Waals surface area contributed by atoms with E-state index < -0.39 is 8.07 Å². The van der Waals surface area contributed by atoms with Crippen LogP contribution in [0.25, 0.3) is 0 Å². The number of ether oxygens (including phenoxy) is 3. The number of hydrogen-bond acceptors (Lipinski definition) is 6. The number of rotatable bonds is 9. The third-order valence-corrected chi connectivity index (χ3v) is 15.1. The molecule has 6 rings (SSSR count). The molecule has 0 spiro atoms. The Kier molecular flexibility index (Phi) is 9.78. The Balaban J connectivity index is 1.36. The quantitative estimate of drug-likeness (QED) is 0.301. The lowest BCUT2D eigenvalue weighted by Crippen LogP contribution is -2.56. The van der Waals surface area contributed by atoms with Crippen LogP contribution in [-0.4, -0.2) is 69.4 Å². The molecule has 3 aromatic rings. The van der Waals surface area contributed by atoms with Crippen LogP contribution in [0.2, 0.25) is 18.6 Å². The normalized spacial score (nSPS) is 23.4. The average molecular weight is 657 g/mol. The molecule has 3 aromatic carbocycles. The summed E-state index contributed by atoms with van der Waals surface area (Å²) in [6.45, 7) is 7.92. The maximum atomic E-state index is 14.5. The van der Waals surface area contributed by atoms with E-state index in [1.165, 1.54) is 10.8 Å². The van der Waals surface area contributed by atoms with Crippen LogP contribution in [0.1, 0.15) is 55.4 Å². The molecule has 3 aliphatic rings. The number of piperidine rings is 1. The summed E-state index contributed by atoms with van der Waals surface area (Å²) in [7, 11) is 0.985. The zero-order valence-corrected chi connectivity index (χ0v) is 29.3. The Labute approximate surface area is 279 Å². The fourth-order valence-electron chi connectivity index (χ4n) is 7.98. The number of nitrogens with zero attached hydrogens (tertiary/aromatic N) is 2. The molecular weight excluding hydrogens is 609 g/mol. The molecule has 0 aliphatic carbocycles. The second kappa shape index (κ2) is 13.8. The molecule has 3 heterocycles. The van der Waals surface area contributed by atoms with E-state index in [1.54, 1.807) is 14.2 Å². The summed E-state index contributed by atoms with van der Waals surface area (Å²) in [6.07, 6.45) is 2.86. The molecule has 2 amide bonds. The molecule has 9 heteroatoms. The van der Waals surface area contributed by atoms with Gasteiger partial charge in [-0.3, -0.25) is 9.59 Å². The number of aliphatic hydroxyl groups is 1. The minimum absolute atomic E-state index is 0.0344. The average Bonchev–Trinajstić information content (AvgIpc) is 3.09. The van der Waals surface area contributed by atoms with Gasteiger partial charge in [0.25, 0.3) is 0 Å². The van der Waals surface area contributed by atoms with Gasteiger partial charge in [0.2, 0.25) is 11.8 Å². The number of carbonyl (C=O) groups is 2. The highest BCUT2D eigenvalue weighted by Crippen LogP contribution is 2.48. The molecule has 1 saturated heterocycles. The number of aliphatic hydroxyl groups excluding tert-OH is 1. The summed E-state index contributed by atoms with van der Waals surface area (Å²) in [5.41, 5.74) is 4.03. The maximum absolute atomic E-state index is 14.5. The molecule has 1 fully saturated rings. The minimum Gasteiger partial charge on any atom is -0.497 e. The number of fused-ring (bicyclic) bond motifs is 2. The minimum atomic E-state index is -2.41. The molecule has 47 heavy (non-hydrogen) atoms. The van der Waals surface area contributed by atoms with Crippen molar-refractivity contribution in [2.45, 2.75) is 82.5 Å². The van der Waals surface area contributed by atoms with Crippen molar-refractivity contribution in [1.82, 2.24) is 4.90 Å². The van der Waals surface area contributed by atoms with Crippen LogP contribution in [0.15, 0.2) is 66.7 Å². The fourth-order valence-corrected chi connectivity index (χ4v) is 11.3. The first-order chi connectivity index (χ1) is 22.7. The first-order valence-corrected chi connectivity index (χ1v) is 20.0. The molecule has 0 bridgehead atoms. The van der Waals surface area contributed by atoms with Crippen molar-refractivity contribution < 1.29 is 28.9 Å². The van der Waals surface area contributed by atoms with Gasteiger partial charge in [-0.1, -0.05) is 61.6 Å². The predicted molar refractivity (Wildman–Crippen MR) is 186 cm³/mol. The van der Waals surface area contributed by atoms with E-state index >= 15 is 0 Å². The lowest BCUT2D eigenvalue weighted by atomic mass is 9.86. The zero-order chi connectivity index (χ0) is 33.3. The van der Waals surface area contributed by atoms with E-state index in [0.29, 0.717) is 25.8 Å². The number of amides is 2. The number of hydrogen-bond donors (Lipinski definition) is 1. The molecule has 0 aromatic heterocycles. The van der Waals surface area contributed by atoms with Gasteiger partial charge < -0.3 is 29.1 Å². The van der Waals surface area contributed by atoms with Crippen molar-refractivity contribution in [1.29, 1.82) is 0 Å². The summed E-state index contributed by atoms with van der Waals surface area (Å²) >= 11 is 0. The molecule has 250 valence electrons. The first kappa shape index (κ1) is 33.2. The summed E-state index contributed by atoms with van der Waals surface area (Å²) in [6, 6.07) is 22.2. The van der Waals surface area contributed by atoms with Crippen molar-refractivity contribution in [3.8, 4) is 11.5 Å². The van der Waals surface area contributed by atoms with Crippen LogP contribution < -0.4 is 19.6 Å². The predicted octanol–water partition coefficient (Wildman–Crippen LogP) is 5.62. The first-order valence-electron chi connectivity index (χ1n) is 16.9. The molecule has 1 N–H and O–H groups in total. The van der Waals surface area contributed by atoms with Gasteiger partial charge in [0.15, 0.2) is 0 Å². The van der Waals surface area contributed by atoms with Crippen LogP contribution in [0, 0.1) is 5.92 Å². The Morgan fingerprint density at radius 3 is 2.47 bits per heavy atom. The highest BCUT2D eigenvalue weighted by Gasteiger charge is 2.49. The number of benzene rings is 3. The largest absolute Gasteiger partial charge is 0.497 e. The van der Waals surface area contributed by atoms with Gasteiger partial charge in [-0.2, -0.15) is 0 Å². The van der Waals surface area contributed by atoms with Crippen LogP contribution >= 0.6 is 0 Å². The second-order valence-corrected chi connectivity index (χ2v) is 18.7. The number of carbonyl (C=O) groups excluding carboxylic acids is 2. The van der Waals surface area contributed by atoms with Crippen LogP contribution in [0.4, 0.5) is 5.69 Å². The van der Waals surface area contributed by atoms with Crippen molar-refractivity contribution in [3.05, 3.63) is 83.4 Å². The van der Waals surface area contributed by atoms with Crippen LogP contribution in [0.3, 0.4) is 0 Å². The van der Waals surface area contributed by atoms with E-state index in [4.69, 9.17) is 14.2 Å². The second-order valence-electron chi connectivity index (χ2n) is 13.9. The Bertz CT molecular complexity index is 1590. The van der Waals surface area contributed by atoms with Crippen LogP contribution in [-0.2, 0) is 27.3 Å². The smallest absolute Gasteiger partial charge is 0.226 e. The molecule has 0 radical (unpaired) electrons. The zero-order valence-electron chi connectivity index (χ0n) is 28.3. The number of methoxy groups -OCH3 is 2. The van der Waals surface area contributed by atoms with Gasteiger partial charge >= 0.3 is 0 Å². The summed E-state index contributed by atoms with van der Waals surface area (Å²) in [5, 5.41) is 11.6. The van der Waals surface area contributed by atoms with Crippen molar-refractivity contribution in [3.63, 3.8) is 0 Å². The topological polar surface area (TPSA) is 88.5 Å². The summed E-state index contributed by atoms with van der Waals surface area (Å²) in [5.74, 6) is 1.65. The third kappa shape index (κ3) is 6.45. The monoisotopic (exact) mass is 656 g/mol. The molecule has 5 atom stereocenters. The Morgan fingerprint density at radius 2 is 1.79 bits per heavy atom. The van der Waals surface area contributed by atoms with Gasteiger partial charge in [0.05, 0.1) is 33.9 Å². The lowest BCUT2D eigenvalue weighted by Gasteiger charge is -2.46. The highest BCUT2D eigenvalue weighted by atomic mass is 28.3. The van der Waals surface area contributed by atoms with E-state index in [9.17, 15) is 14.7 Å². The van der Waals surface area contributed by atoms with Gasteiger partial charge in [0, 0.05) is 55.8 Å². The van der Waals surface area contributed by atoms with Crippen molar-refractivity contribution >= 4 is 30.8 Å². The van der Waals surface area contributed by atoms with Crippen molar-refractivity contribution in [2.75, 3.05) is 32.3 Å². The molecule has 0 saturated carbocycles. The summed E-state index contributed by atoms with van der Waals surface area (Å²) in [4.78, 5) is 31.0.